The van der Waals surface area contributed by atoms with Crippen LogP contribution >= 0.6 is 31.0 Å². The van der Waals surface area contributed by atoms with Crippen molar-refractivity contribution in [2.75, 3.05) is 14.2 Å². The van der Waals surface area contributed by atoms with Crippen molar-refractivity contribution in [2.45, 2.75) is 0 Å². The van der Waals surface area contributed by atoms with Gasteiger partial charge in [-0.2, -0.15) is 0 Å². The van der Waals surface area contributed by atoms with Gasteiger partial charge >= 0.3 is 7.82 Å². The molecule has 68 valence electrons. The topological polar surface area (TPSA) is 44.8 Å². The van der Waals surface area contributed by atoms with Gasteiger partial charge in [-0.15, -0.1) is 0 Å². The number of halogens is 2. The van der Waals surface area contributed by atoms with Crippen LogP contribution in [0.3, 0.4) is 0 Å². The predicted octanol–water partition coefficient (Wildman–Crippen LogP) is 2.30. The summed E-state index contributed by atoms with van der Waals surface area (Å²) in [6.45, 7) is 0. The fourth-order valence-electron chi connectivity index (χ4n) is 0.265. The molecule has 0 aliphatic heterocycles. The molecule has 0 saturated heterocycles. The zero-order valence-corrected chi connectivity index (χ0v) is 11.2. The first-order valence-corrected chi connectivity index (χ1v) is 4.67. The van der Waals surface area contributed by atoms with Gasteiger partial charge in [0.1, 0.15) is 10.8 Å². The Bertz CT molecular complexity index is 185. The molecule has 0 N–H and O–H groups in total. The Morgan fingerprint density at radius 2 is 1.75 bits per heavy atom. The zero-order valence-electron chi connectivity index (χ0n) is 6.62. The second kappa shape index (κ2) is 7.89. The fourth-order valence-corrected chi connectivity index (χ4v) is 1.03. The molecule has 0 atom stereocenters. The minimum Gasteiger partial charge on any atom is -0.409 e. The van der Waals surface area contributed by atoms with Crippen molar-refractivity contribution < 1.29 is 18.1 Å². The van der Waals surface area contributed by atoms with Crippen molar-refractivity contribution >= 4 is 68.8 Å². The maximum Gasteiger partial charge on any atom is 0.529 e. The molecule has 0 aromatic heterocycles. The molecule has 8 heteroatoms. The van der Waals surface area contributed by atoms with E-state index >= 15 is 0 Å². The molecule has 0 bridgehead atoms. The molecule has 2 radical (unpaired) electrons. The Balaban J connectivity index is 0. The van der Waals surface area contributed by atoms with Gasteiger partial charge in [0.05, 0.1) is 0 Å². The Labute approximate surface area is 111 Å². The molecule has 0 amide bonds. The van der Waals surface area contributed by atoms with Gasteiger partial charge in [-0.3, -0.25) is 9.05 Å². The third-order valence-corrected chi connectivity index (χ3v) is 2.15. The maximum atomic E-state index is 11.0. The summed E-state index contributed by atoms with van der Waals surface area (Å²) in [7, 11) is -1.12. The van der Waals surface area contributed by atoms with Crippen molar-refractivity contribution in [1.82, 2.24) is 0 Å². The normalized spacial score (nSPS) is 10.0. The minimum atomic E-state index is -3.48. The van der Waals surface area contributed by atoms with Gasteiger partial charge in [-0.05, 0) is 0 Å². The summed E-state index contributed by atoms with van der Waals surface area (Å²) in [4.78, 5) is 0. The van der Waals surface area contributed by atoms with Gasteiger partial charge < -0.3 is 4.52 Å². The number of hydrogen-bond donors (Lipinski definition) is 0. The summed E-state index contributed by atoms with van der Waals surface area (Å²) in [5.74, 6) is 0. The van der Waals surface area contributed by atoms with Crippen LogP contribution in [0, 0.1) is 0 Å². The summed E-state index contributed by atoms with van der Waals surface area (Å²) in [5, 5.41) is 0. The van der Waals surface area contributed by atoms with Crippen LogP contribution in [0.25, 0.3) is 0 Å². The quantitative estimate of drug-likeness (QED) is 0.442. The second-order valence-electron chi connectivity index (χ2n) is 1.33. The largest absolute Gasteiger partial charge is 0.529 e. The minimum absolute atomic E-state index is 0. The van der Waals surface area contributed by atoms with Gasteiger partial charge in [-0.1, -0.05) is 23.2 Å². The van der Waals surface area contributed by atoms with Crippen molar-refractivity contribution in [3.8, 4) is 0 Å². The molecular weight excluding hydrogens is 254 g/mol. The van der Waals surface area contributed by atoms with Gasteiger partial charge in [0.15, 0.2) is 0 Å². The van der Waals surface area contributed by atoms with Crippen molar-refractivity contribution in [3.05, 3.63) is 10.8 Å². The van der Waals surface area contributed by atoms with Gasteiger partial charge in [0.2, 0.25) is 0 Å². The SMILES string of the molecule is COP(=O)(OC)OC=C(Cl)Cl.[Ca]. The van der Waals surface area contributed by atoms with Crippen molar-refractivity contribution in [1.29, 1.82) is 0 Å². The molecule has 0 spiro atoms. The molecule has 0 rings (SSSR count). The van der Waals surface area contributed by atoms with Crippen molar-refractivity contribution in [3.63, 3.8) is 0 Å². The smallest absolute Gasteiger partial charge is 0.409 e. The van der Waals surface area contributed by atoms with E-state index < -0.39 is 7.82 Å². The van der Waals surface area contributed by atoms with Crippen LogP contribution in [0.5, 0.6) is 0 Å². The number of phosphoric ester groups is 1. The fraction of sp³-hybridized carbons (Fsp3) is 0.500. The third kappa shape index (κ3) is 6.98. The number of rotatable bonds is 4. The summed E-state index contributed by atoms with van der Waals surface area (Å²) < 4.78 is 24.1. The number of phosphoric acid groups is 1. The van der Waals surface area contributed by atoms with Gasteiger partial charge in [0, 0.05) is 52.0 Å². The molecule has 0 aromatic rings. The summed E-state index contributed by atoms with van der Waals surface area (Å²) >= 11 is 10.3. The maximum absolute atomic E-state index is 11.0. The van der Waals surface area contributed by atoms with E-state index in [1.54, 1.807) is 0 Å². The summed E-state index contributed by atoms with van der Waals surface area (Å²) in [6, 6.07) is 0. The van der Waals surface area contributed by atoms with E-state index in [2.05, 4.69) is 13.6 Å². The van der Waals surface area contributed by atoms with E-state index in [4.69, 9.17) is 23.2 Å². The summed E-state index contributed by atoms with van der Waals surface area (Å²) in [5.41, 5.74) is 0. The molecule has 4 nitrogen and oxygen atoms in total. The molecule has 0 aliphatic rings. The molecule has 0 unspecified atom stereocenters. The van der Waals surface area contributed by atoms with E-state index in [0.29, 0.717) is 0 Å². The molecule has 0 heterocycles. The van der Waals surface area contributed by atoms with Crippen LogP contribution in [0.4, 0.5) is 0 Å². The standard InChI is InChI=1S/C4H7Cl2O4P.Ca/c1-8-11(7,9-2)10-3-4(5)6;/h3H,1-2H3;. The first-order chi connectivity index (χ1) is 5.04. The molecule has 0 fully saturated rings. The molecule has 0 aliphatic carbocycles. The second-order valence-corrected chi connectivity index (χ2v) is 4.17. The van der Waals surface area contributed by atoms with E-state index in [0.717, 1.165) is 6.26 Å². The van der Waals surface area contributed by atoms with Gasteiger partial charge in [0.25, 0.3) is 0 Å². The van der Waals surface area contributed by atoms with Crippen LogP contribution in [0.1, 0.15) is 0 Å². The Morgan fingerprint density at radius 1 is 1.33 bits per heavy atom. The van der Waals surface area contributed by atoms with Crippen LogP contribution < -0.4 is 0 Å². The Hall–Kier alpha value is 1.53. The Kier molecular flexibility index (Phi) is 10.5. The van der Waals surface area contributed by atoms with E-state index in [9.17, 15) is 4.57 Å². The van der Waals surface area contributed by atoms with Crippen molar-refractivity contribution in [2.24, 2.45) is 0 Å². The summed E-state index contributed by atoms with van der Waals surface area (Å²) in [6.07, 6.45) is 0.872. The van der Waals surface area contributed by atoms with E-state index in [1.807, 2.05) is 0 Å². The first kappa shape index (κ1) is 16.0. The first-order valence-electron chi connectivity index (χ1n) is 2.45. The Morgan fingerprint density at radius 3 is 2.00 bits per heavy atom. The molecule has 12 heavy (non-hydrogen) atoms. The number of hydrogen-bond acceptors (Lipinski definition) is 4. The third-order valence-electron chi connectivity index (χ3n) is 0.718. The van der Waals surface area contributed by atoms with Crippen LogP contribution in [-0.2, 0) is 18.1 Å². The van der Waals surface area contributed by atoms with E-state index in [-0.39, 0.29) is 42.2 Å². The van der Waals surface area contributed by atoms with Crippen LogP contribution in [-0.4, -0.2) is 52.0 Å². The van der Waals surface area contributed by atoms with Crippen LogP contribution in [0.15, 0.2) is 10.8 Å². The predicted molar refractivity (Wildman–Crippen MR) is 48.3 cm³/mol. The monoisotopic (exact) mass is 260 g/mol. The van der Waals surface area contributed by atoms with E-state index in [1.165, 1.54) is 14.2 Å². The zero-order chi connectivity index (χ0) is 8.91. The van der Waals surface area contributed by atoms with Crippen LogP contribution in [0.2, 0.25) is 0 Å². The molecule has 0 saturated carbocycles. The molecule has 0 aromatic carbocycles. The molecular formula is C4H7CaCl2O4P. The van der Waals surface area contributed by atoms with Gasteiger partial charge in [-0.25, -0.2) is 4.57 Å². The average molecular weight is 261 g/mol. The average Bonchev–Trinajstić information content (AvgIpc) is 2.00.